The lowest BCUT2D eigenvalue weighted by molar-refractivity contribution is 0.0420. The minimum atomic E-state index is -0.0351. The van der Waals surface area contributed by atoms with Crippen LogP contribution in [-0.2, 0) is 12.8 Å². The Balaban J connectivity index is 1.57. The van der Waals surface area contributed by atoms with Gasteiger partial charge in [-0.15, -0.1) is 0 Å². The van der Waals surface area contributed by atoms with Gasteiger partial charge in [-0.05, 0) is 68.2 Å². The average molecular weight is 245 g/mol. The van der Waals surface area contributed by atoms with E-state index in [0.29, 0.717) is 12.0 Å². The maximum Gasteiger partial charge on any atom is 0.0546 e. The summed E-state index contributed by atoms with van der Waals surface area (Å²) in [5.41, 5.74) is 4.52. The molecule has 1 unspecified atom stereocenters. The van der Waals surface area contributed by atoms with Crippen LogP contribution in [0.25, 0.3) is 0 Å². The van der Waals surface area contributed by atoms with E-state index in [1.54, 1.807) is 11.1 Å². The lowest BCUT2D eigenvalue weighted by Gasteiger charge is -2.32. The SMILES string of the molecule is CC(NCC1CC(O)C1)c1ccc2c(c1)CCC2. The quantitative estimate of drug-likeness (QED) is 0.854. The molecule has 0 spiro atoms. The van der Waals surface area contributed by atoms with Crippen molar-refractivity contribution in [1.82, 2.24) is 5.32 Å². The summed E-state index contributed by atoms with van der Waals surface area (Å²) in [6.45, 7) is 3.28. The number of fused-ring (bicyclic) bond motifs is 1. The van der Waals surface area contributed by atoms with E-state index in [9.17, 15) is 5.11 Å². The van der Waals surface area contributed by atoms with Crippen molar-refractivity contribution in [3.63, 3.8) is 0 Å². The summed E-state index contributed by atoms with van der Waals surface area (Å²) < 4.78 is 0. The lowest BCUT2D eigenvalue weighted by atomic mass is 9.82. The molecule has 0 aliphatic heterocycles. The highest BCUT2D eigenvalue weighted by atomic mass is 16.3. The van der Waals surface area contributed by atoms with Crippen LogP contribution in [0.1, 0.15) is 48.9 Å². The van der Waals surface area contributed by atoms with E-state index in [0.717, 1.165) is 19.4 Å². The van der Waals surface area contributed by atoms with Crippen molar-refractivity contribution in [2.75, 3.05) is 6.54 Å². The predicted octanol–water partition coefficient (Wildman–Crippen LogP) is 2.60. The first-order valence-corrected chi connectivity index (χ1v) is 7.25. The number of aryl methyl sites for hydroxylation is 2. The highest BCUT2D eigenvalue weighted by Gasteiger charge is 2.27. The Morgan fingerprint density at radius 2 is 2.06 bits per heavy atom. The summed E-state index contributed by atoms with van der Waals surface area (Å²) in [7, 11) is 0. The van der Waals surface area contributed by atoms with Gasteiger partial charge < -0.3 is 10.4 Å². The first kappa shape index (κ1) is 12.2. The van der Waals surface area contributed by atoms with Gasteiger partial charge >= 0.3 is 0 Å². The molecule has 1 atom stereocenters. The third kappa shape index (κ3) is 2.45. The zero-order chi connectivity index (χ0) is 12.5. The second-order valence-corrected chi connectivity index (χ2v) is 6.00. The number of rotatable bonds is 4. The number of benzene rings is 1. The normalized spacial score (nSPS) is 27.7. The molecule has 98 valence electrons. The van der Waals surface area contributed by atoms with E-state index in [-0.39, 0.29) is 6.10 Å². The van der Waals surface area contributed by atoms with Crippen LogP contribution in [0.4, 0.5) is 0 Å². The number of hydrogen-bond acceptors (Lipinski definition) is 2. The van der Waals surface area contributed by atoms with Crippen LogP contribution in [0.5, 0.6) is 0 Å². The summed E-state index contributed by atoms with van der Waals surface area (Å²) in [5.74, 6) is 0.678. The molecule has 2 nitrogen and oxygen atoms in total. The molecule has 18 heavy (non-hydrogen) atoms. The summed E-state index contributed by atoms with van der Waals surface area (Å²) >= 11 is 0. The number of hydrogen-bond donors (Lipinski definition) is 2. The average Bonchev–Trinajstić information content (AvgIpc) is 2.79. The molecule has 1 aromatic rings. The molecule has 1 saturated carbocycles. The van der Waals surface area contributed by atoms with Crippen LogP contribution < -0.4 is 5.32 Å². The molecule has 2 aliphatic rings. The molecule has 1 fully saturated rings. The van der Waals surface area contributed by atoms with E-state index in [4.69, 9.17) is 0 Å². The highest BCUT2D eigenvalue weighted by Crippen LogP contribution is 2.28. The van der Waals surface area contributed by atoms with Crippen molar-refractivity contribution in [1.29, 1.82) is 0 Å². The van der Waals surface area contributed by atoms with E-state index in [1.165, 1.54) is 24.8 Å². The maximum absolute atomic E-state index is 9.28. The van der Waals surface area contributed by atoms with Crippen LogP contribution in [-0.4, -0.2) is 17.8 Å². The molecule has 0 aromatic heterocycles. The second kappa shape index (κ2) is 5.02. The minimum Gasteiger partial charge on any atom is -0.393 e. The van der Waals surface area contributed by atoms with Crippen LogP contribution in [0.2, 0.25) is 0 Å². The molecule has 3 rings (SSSR count). The molecule has 1 aromatic carbocycles. The van der Waals surface area contributed by atoms with E-state index in [1.807, 2.05) is 0 Å². The Kier molecular flexibility index (Phi) is 3.40. The second-order valence-electron chi connectivity index (χ2n) is 6.00. The summed E-state index contributed by atoms with van der Waals surface area (Å²) in [6, 6.07) is 7.39. The first-order chi connectivity index (χ1) is 8.72. The Bertz CT molecular complexity index is 423. The van der Waals surface area contributed by atoms with Crippen LogP contribution >= 0.6 is 0 Å². The molecule has 0 radical (unpaired) electrons. The first-order valence-electron chi connectivity index (χ1n) is 7.25. The predicted molar refractivity (Wildman–Crippen MR) is 73.6 cm³/mol. The Hall–Kier alpha value is -0.860. The largest absolute Gasteiger partial charge is 0.393 e. The zero-order valence-electron chi connectivity index (χ0n) is 11.2. The molecular formula is C16H23NO. The molecule has 0 saturated heterocycles. The molecule has 0 heterocycles. The number of nitrogens with one attached hydrogen (secondary N) is 1. The van der Waals surface area contributed by atoms with E-state index in [2.05, 4.69) is 30.4 Å². The van der Waals surface area contributed by atoms with Crippen molar-refractivity contribution in [2.24, 2.45) is 5.92 Å². The van der Waals surface area contributed by atoms with Crippen LogP contribution in [0.3, 0.4) is 0 Å². The van der Waals surface area contributed by atoms with Crippen LogP contribution in [0.15, 0.2) is 18.2 Å². The fourth-order valence-corrected chi connectivity index (χ4v) is 3.19. The van der Waals surface area contributed by atoms with Gasteiger partial charge in [-0.3, -0.25) is 0 Å². The third-order valence-corrected chi connectivity index (χ3v) is 4.55. The van der Waals surface area contributed by atoms with Gasteiger partial charge in [-0.25, -0.2) is 0 Å². The van der Waals surface area contributed by atoms with Crippen molar-refractivity contribution < 1.29 is 5.11 Å². The fraction of sp³-hybridized carbons (Fsp3) is 0.625. The molecular weight excluding hydrogens is 222 g/mol. The Morgan fingerprint density at radius 3 is 2.83 bits per heavy atom. The lowest BCUT2D eigenvalue weighted by Crippen LogP contribution is -2.37. The van der Waals surface area contributed by atoms with E-state index >= 15 is 0 Å². The molecule has 2 N–H and O–H groups in total. The van der Waals surface area contributed by atoms with Crippen molar-refractivity contribution in [2.45, 2.75) is 51.2 Å². The van der Waals surface area contributed by atoms with Crippen molar-refractivity contribution in [3.8, 4) is 0 Å². The van der Waals surface area contributed by atoms with Gasteiger partial charge in [0.1, 0.15) is 0 Å². The Labute approximate surface area is 109 Å². The van der Waals surface area contributed by atoms with E-state index < -0.39 is 0 Å². The van der Waals surface area contributed by atoms with Gasteiger partial charge in [0.2, 0.25) is 0 Å². The van der Waals surface area contributed by atoms with Gasteiger partial charge in [-0.1, -0.05) is 18.2 Å². The zero-order valence-corrected chi connectivity index (χ0v) is 11.2. The minimum absolute atomic E-state index is 0.0351. The summed E-state index contributed by atoms with van der Waals surface area (Å²) in [4.78, 5) is 0. The maximum atomic E-state index is 9.28. The fourth-order valence-electron chi connectivity index (χ4n) is 3.19. The van der Waals surface area contributed by atoms with Crippen LogP contribution in [0, 0.1) is 5.92 Å². The van der Waals surface area contributed by atoms with Gasteiger partial charge in [0, 0.05) is 6.04 Å². The number of aliphatic hydroxyl groups is 1. The highest BCUT2D eigenvalue weighted by molar-refractivity contribution is 5.36. The van der Waals surface area contributed by atoms with Gasteiger partial charge in [-0.2, -0.15) is 0 Å². The monoisotopic (exact) mass is 245 g/mol. The third-order valence-electron chi connectivity index (χ3n) is 4.55. The van der Waals surface area contributed by atoms with Crippen molar-refractivity contribution >= 4 is 0 Å². The molecule has 2 aliphatic carbocycles. The Morgan fingerprint density at radius 1 is 1.28 bits per heavy atom. The topological polar surface area (TPSA) is 32.3 Å². The molecule has 0 bridgehead atoms. The van der Waals surface area contributed by atoms with Crippen molar-refractivity contribution in [3.05, 3.63) is 34.9 Å². The summed E-state index contributed by atoms with van der Waals surface area (Å²) in [5, 5.41) is 12.9. The molecule has 2 heteroatoms. The van der Waals surface area contributed by atoms with Gasteiger partial charge in [0.25, 0.3) is 0 Å². The number of aliphatic hydroxyl groups excluding tert-OH is 1. The standard InChI is InChI=1S/C16H23NO/c1-11(17-10-12-7-16(18)8-12)14-6-5-13-3-2-4-15(13)9-14/h5-6,9,11-12,16-18H,2-4,7-8,10H2,1H3. The smallest absolute Gasteiger partial charge is 0.0546 e. The molecule has 0 amide bonds. The van der Waals surface area contributed by atoms with Gasteiger partial charge in [0.05, 0.1) is 6.10 Å². The van der Waals surface area contributed by atoms with Gasteiger partial charge in [0.15, 0.2) is 0 Å². The summed E-state index contributed by atoms with van der Waals surface area (Å²) in [6.07, 6.45) is 5.75.